The quantitative estimate of drug-likeness (QED) is 0.543. The summed E-state index contributed by atoms with van der Waals surface area (Å²) in [7, 11) is 0. The third kappa shape index (κ3) is 4.35. The molecule has 0 saturated carbocycles. The number of halogens is 2. The van der Waals surface area contributed by atoms with Crippen molar-refractivity contribution in [3.8, 4) is 0 Å². The second kappa shape index (κ2) is 7.79. The number of carbonyl (C=O) groups excluding carboxylic acids is 1. The Labute approximate surface area is 154 Å². The molecule has 1 heterocycles. The van der Waals surface area contributed by atoms with Crippen LogP contribution >= 0.6 is 35.0 Å². The van der Waals surface area contributed by atoms with E-state index in [1.807, 2.05) is 30.3 Å². The van der Waals surface area contributed by atoms with Crippen LogP contribution in [0.3, 0.4) is 0 Å². The van der Waals surface area contributed by atoms with Gasteiger partial charge in [0.2, 0.25) is 0 Å². The predicted octanol–water partition coefficient (Wildman–Crippen LogP) is 6.13. The Kier molecular flexibility index (Phi) is 5.51. The van der Waals surface area contributed by atoms with Gasteiger partial charge in [0, 0.05) is 10.6 Å². The molecule has 6 heteroatoms. The van der Waals surface area contributed by atoms with E-state index in [1.165, 1.54) is 0 Å². The van der Waals surface area contributed by atoms with Gasteiger partial charge < -0.3 is 9.73 Å². The molecule has 0 atom stereocenters. The minimum absolute atomic E-state index is 0.254. The highest BCUT2D eigenvalue weighted by atomic mass is 35.5. The summed E-state index contributed by atoms with van der Waals surface area (Å²) in [5, 5.41) is 3.55. The van der Waals surface area contributed by atoms with Crippen LogP contribution in [0.15, 0.2) is 70.0 Å². The molecule has 0 unspecified atom stereocenters. The molecule has 0 spiro atoms. The van der Waals surface area contributed by atoms with Crippen LogP contribution < -0.4 is 5.32 Å². The third-order valence-corrected chi connectivity index (χ3v) is 4.96. The van der Waals surface area contributed by atoms with Gasteiger partial charge in [-0.05, 0) is 42.5 Å². The fourth-order valence-electron chi connectivity index (χ4n) is 2.02. The zero-order chi connectivity index (χ0) is 16.9. The predicted molar refractivity (Wildman–Crippen MR) is 99.1 cm³/mol. The molecular weight excluding hydrogens is 365 g/mol. The number of amides is 1. The molecule has 0 saturated heterocycles. The standard InChI is InChI=1S/C18H13Cl2NO2S/c19-15-8-6-12(10-16(15)20)21-18(22)17-9-7-13(23-17)11-24-14-4-2-1-3-5-14/h1-10H,11H2,(H,21,22). The lowest BCUT2D eigenvalue weighted by molar-refractivity contribution is 0.0995. The first kappa shape index (κ1) is 17.0. The van der Waals surface area contributed by atoms with Crippen LogP contribution in [0.5, 0.6) is 0 Å². The summed E-state index contributed by atoms with van der Waals surface area (Å²) in [4.78, 5) is 13.4. The Morgan fingerprint density at radius 3 is 2.54 bits per heavy atom. The zero-order valence-corrected chi connectivity index (χ0v) is 14.8. The maximum Gasteiger partial charge on any atom is 0.291 e. The summed E-state index contributed by atoms with van der Waals surface area (Å²) >= 11 is 13.4. The highest BCUT2D eigenvalue weighted by molar-refractivity contribution is 7.98. The lowest BCUT2D eigenvalue weighted by Gasteiger charge is -2.04. The van der Waals surface area contributed by atoms with Crippen molar-refractivity contribution in [3.05, 3.63) is 82.2 Å². The summed E-state index contributed by atoms with van der Waals surface area (Å²) in [5.41, 5.74) is 0.561. The fraction of sp³-hybridized carbons (Fsp3) is 0.0556. The molecule has 3 aromatic rings. The van der Waals surface area contributed by atoms with E-state index in [4.69, 9.17) is 27.6 Å². The number of anilines is 1. The zero-order valence-electron chi connectivity index (χ0n) is 12.5. The van der Waals surface area contributed by atoms with Gasteiger partial charge in [-0.15, -0.1) is 11.8 Å². The normalized spacial score (nSPS) is 10.6. The summed E-state index contributed by atoms with van der Waals surface area (Å²) in [5.74, 6) is 1.32. The van der Waals surface area contributed by atoms with Crippen LogP contribution in [0.1, 0.15) is 16.3 Å². The molecule has 2 aromatic carbocycles. The number of hydrogen-bond acceptors (Lipinski definition) is 3. The van der Waals surface area contributed by atoms with Gasteiger partial charge >= 0.3 is 0 Å². The average molecular weight is 378 g/mol. The second-order valence-electron chi connectivity index (χ2n) is 4.95. The number of furan rings is 1. The van der Waals surface area contributed by atoms with Gasteiger partial charge in [0.15, 0.2) is 5.76 Å². The van der Waals surface area contributed by atoms with Crippen molar-refractivity contribution in [2.75, 3.05) is 5.32 Å². The van der Waals surface area contributed by atoms with Crippen molar-refractivity contribution in [1.82, 2.24) is 0 Å². The summed E-state index contributed by atoms with van der Waals surface area (Å²) in [6.45, 7) is 0. The lowest BCUT2D eigenvalue weighted by atomic mass is 10.3. The Morgan fingerprint density at radius 2 is 1.79 bits per heavy atom. The Morgan fingerprint density at radius 1 is 1.00 bits per heavy atom. The van der Waals surface area contributed by atoms with Crippen LogP contribution in [-0.2, 0) is 5.75 Å². The first-order valence-electron chi connectivity index (χ1n) is 7.15. The largest absolute Gasteiger partial charge is 0.455 e. The first-order valence-corrected chi connectivity index (χ1v) is 8.89. The van der Waals surface area contributed by atoms with Crippen molar-refractivity contribution in [1.29, 1.82) is 0 Å². The highest BCUT2D eigenvalue weighted by Gasteiger charge is 2.12. The average Bonchev–Trinajstić information content (AvgIpc) is 3.06. The van der Waals surface area contributed by atoms with E-state index in [9.17, 15) is 4.79 Å². The molecule has 0 aliphatic rings. The summed E-state index contributed by atoms with van der Waals surface area (Å²) in [6, 6.07) is 18.4. The fourth-order valence-corrected chi connectivity index (χ4v) is 3.13. The Balaban J connectivity index is 1.62. The van der Waals surface area contributed by atoms with E-state index in [1.54, 1.807) is 42.1 Å². The van der Waals surface area contributed by atoms with E-state index >= 15 is 0 Å². The second-order valence-corrected chi connectivity index (χ2v) is 6.81. The van der Waals surface area contributed by atoms with Crippen molar-refractivity contribution in [2.45, 2.75) is 10.6 Å². The molecule has 122 valence electrons. The third-order valence-electron chi connectivity index (χ3n) is 3.19. The minimum Gasteiger partial charge on any atom is -0.455 e. The molecular formula is C18H13Cl2NO2S. The van der Waals surface area contributed by atoms with Gasteiger partial charge in [0.1, 0.15) is 5.76 Å². The lowest BCUT2D eigenvalue weighted by Crippen LogP contribution is -2.10. The van der Waals surface area contributed by atoms with Gasteiger partial charge in [0.25, 0.3) is 5.91 Å². The number of thioether (sulfide) groups is 1. The van der Waals surface area contributed by atoms with Crippen LogP contribution in [0, 0.1) is 0 Å². The smallest absolute Gasteiger partial charge is 0.291 e. The molecule has 24 heavy (non-hydrogen) atoms. The summed E-state index contributed by atoms with van der Waals surface area (Å²) in [6.07, 6.45) is 0. The molecule has 3 nitrogen and oxygen atoms in total. The van der Waals surface area contributed by atoms with Crippen molar-refractivity contribution in [2.24, 2.45) is 0 Å². The first-order chi connectivity index (χ1) is 11.6. The van der Waals surface area contributed by atoms with Crippen molar-refractivity contribution in [3.63, 3.8) is 0 Å². The number of benzene rings is 2. The van der Waals surface area contributed by atoms with Gasteiger partial charge in [0.05, 0.1) is 15.8 Å². The molecule has 0 fully saturated rings. The molecule has 1 aromatic heterocycles. The topological polar surface area (TPSA) is 42.2 Å². The molecule has 1 amide bonds. The van der Waals surface area contributed by atoms with Gasteiger partial charge in [-0.2, -0.15) is 0 Å². The van der Waals surface area contributed by atoms with Crippen molar-refractivity contribution < 1.29 is 9.21 Å². The number of hydrogen-bond donors (Lipinski definition) is 1. The summed E-state index contributed by atoms with van der Waals surface area (Å²) < 4.78 is 5.60. The van der Waals surface area contributed by atoms with Crippen LogP contribution in [0.25, 0.3) is 0 Å². The number of carbonyl (C=O) groups is 1. The maximum absolute atomic E-state index is 12.2. The van der Waals surface area contributed by atoms with E-state index < -0.39 is 0 Å². The highest BCUT2D eigenvalue weighted by Crippen LogP contribution is 2.26. The van der Waals surface area contributed by atoms with Gasteiger partial charge in [-0.25, -0.2) is 0 Å². The van der Waals surface area contributed by atoms with Gasteiger partial charge in [-0.3, -0.25) is 4.79 Å². The van der Waals surface area contributed by atoms with E-state index in [-0.39, 0.29) is 11.7 Å². The number of rotatable bonds is 5. The van der Waals surface area contributed by atoms with Crippen LogP contribution in [0.2, 0.25) is 10.0 Å². The molecule has 0 aliphatic carbocycles. The van der Waals surface area contributed by atoms with Crippen LogP contribution in [0.4, 0.5) is 5.69 Å². The maximum atomic E-state index is 12.2. The Hall–Kier alpha value is -1.88. The van der Waals surface area contributed by atoms with E-state index in [2.05, 4.69) is 5.32 Å². The van der Waals surface area contributed by atoms with Crippen LogP contribution in [-0.4, -0.2) is 5.91 Å². The molecule has 3 rings (SSSR count). The van der Waals surface area contributed by atoms with Crippen molar-refractivity contribution >= 4 is 46.6 Å². The van der Waals surface area contributed by atoms with Gasteiger partial charge in [-0.1, -0.05) is 41.4 Å². The Bertz CT molecular complexity index is 849. The molecule has 0 aliphatic heterocycles. The SMILES string of the molecule is O=C(Nc1ccc(Cl)c(Cl)c1)c1ccc(CSc2ccccc2)o1. The monoisotopic (exact) mass is 377 g/mol. The number of nitrogens with one attached hydrogen (secondary N) is 1. The van der Waals surface area contributed by atoms with E-state index in [0.29, 0.717) is 21.5 Å². The molecule has 0 radical (unpaired) electrons. The molecule has 0 bridgehead atoms. The molecule has 1 N–H and O–H groups in total. The van der Waals surface area contributed by atoms with E-state index in [0.717, 1.165) is 10.7 Å². The minimum atomic E-state index is -0.329.